The monoisotopic (exact) mass is 243 g/mol. The number of hydrogen-bond donors (Lipinski definition) is 3. The van der Waals surface area contributed by atoms with Gasteiger partial charge in [-0.25, -0.2) is 13.1 Å². The summed E-state index contributed by atoms with van der Waals surface area (Å²) in [5, 5.41) is 3.15. The quantitative estimate of drug-likeness (QED) is 0.630. The van der Waals surface area contributed by atoms with Gasteiger partial charge < -0.3 is 11.1 Å². The Morgan fingerprint density at radius 2 is 1.88 bits per heavy atom. The Labute approximate surface area is 96.1 Å². The molecule has 6 heteroatoms. The van der Waals surface area contributed by atoms with Gasteiger partial charge in [-0.2, -0.15) is 0 Å². The lowest BCUT2D eigenvalue weighted by atomic mass is 10.3. The molecule has 0 radical (unpaired) electrons. The maximum Gasteiger partial charge on any atom is 0.240 e. The Balaban J connectivity index is 2.68. The highest BCUT2D eigenvalue weighted by atomic mass is 32.2. The minimum absolute atomic E-state index is 0.263. The first kappa shape index (κ1) is 13.0. The van der Waals surface area contributed by atoms with E-state index in [1.807, 2.05) is 0 Å². The van der Waals surface area contributed by atoms with Crippen LogP contribution in [0.4, 0.5) is 5.69 Å². The molecule has 0 aromatic heterocycles. The number of nitrogens with one attached hydrogen (secondary N) is 2. The summed E-state index contributed by atoms with van der Waals surface area (Å²) >= 11 is 0. The van der Waals surface area contributed by atoms with E-state index in [0.717, 1.165) is 18.7 Å². The van der Waals surface area contributed by atoms with Crippen LogP contribution in [0.1, 0.15) is 6.42 Å². The van der Waals surface area contributed by atoms with Crippen LogP contribution in [0, 0.1) is 0 Å². The van der Waals surface area contributed by atoms with Crippen LogP contribution < -0.4 is 15.8 Å². The molecule has 0 fully saturated rings. The first-order valence-corrected chi connectivity index (χ1v) is 6.56. The molecule has 0 unspecified atom stereocenters. The third-order valence-corrected chi connectivity index (χ3v) is 3.57. The maximum absolute atomic E-state index is 11.4. The molecule has 0 amide bonds. The van der Waals surface area contributed by atoms with Crippen molar-refractivity contribution in [1.29, 1.82) is 0 Å². The summed E-state index contributed by atoms with van der Waals surface area (Å²) in [5.41, 5.74) is 6.26. The van der Waals surface area contributed by atoms with Gasteiger partial charge >= 0.3 is 0 Å². The van der Waals surface area contributed by atoms with Gasteiger partial charge in [-0.1, -0.05) is 0 Å². The lowest BCUT2D eigenvalue weighted by molar-refractivity contribution is 0.588. The van der Waals surface area contributed by atoms with Gasteiger partial charge in [0.25, 0.3) is 0 Å². The Morgan fingerprint density at radius 3 is 2.38 bits per heavy atom. The number of rotatable bonds is 6. The second kappa shape index (κ2) is 5.83. The van der Waals surface area contributed by atoms with Crippen molar-refractivity contribution in [1.82, 2.24) is 4.72 Å². The van der Waals surface area contributed by atoms with Crippen molar-refractivity contribution < 1.29 is 8.42 Å². The molecule has 1 aromatic carbocycles. The summed E-state index contributed by atoms with van der Waals surface area (Å²) in [6.07, 6.45) is 0.885. The van der Waals surface area contributed by atoms with Crippen LogP contribution in [0.25, 0.3) is 0 Å². The van der Waals surface area contributed by atoms with E-state index in [1.165, 1.54) is 7.05 Å². The standard InChI is InChI=1S/C10H17N3O2S/c1-12-16(14,15)10-5-3-9(4-6-10)13-8-2-7-11/h3-6,12-13H,2,7-8,11H2,1H3. The van der Waals surface area contributed by atoms with Gasteiger partial charge in [0.05, 0.1) is 4.90 Å². The molecule has 0 spiro atoms. The van der Waals surface area contributed by atoms with Gasteiger partial charge in [-0.3, -0.25) is 0 Å². The van der Waals surface area contributed by atoms with E-state index in [2.05, 4.69) is 10.0 Å². The molecule has 90 valence electrons. The van der Waals surface area contributed by atoms with Crippen LogP contribution >= 0.6 is 0 Å². The van der Waals surface area contributed by atoms with Crippen molar-refractivity contribution in [2.45, 2.75) is 11.3 Å². The fourth-order valence-corrected chi connectivity index (χ4v) is 1.93. The molecule has 0 bridgehead atoms. The van der Waals surface area contributed by atoms with E-state index in [1.54, 1.807) is 24.3 Å². The van der Waals surface area contributed by atoms with Crippen molar-refractivity contribution >= 4 is 15.7 Å². The minimum atomic E-state index is -3.34. The summed E-state index contributed by atoms with van der Waals surface area (Å²) in [4.78, 5) is 0.263. The van der Waals surface area contributed by atoms with Crippen LogP contribution in [-0.2, 0) is 10.0 Å². The molecular weight excluding hydrogens is 226 g/mol. The summed E-state index contributed by atoms with van der Waals surface area (Å²) in [6.45, 7) is 1.42. The predicted molar refractivity (Wildman–Crippen MR) is 64.8 cm³/mol. The van der Waals surface area contributed by atoms with E-state index in [4.69, 9.17) is 5.73 Å². The van der Waals surface area contributed by atoms with Crippen molar-refractivity contribution in [2.75, 3.05) is 25.5 Å². The zero-order valence-corrected chi connectivity index (χ0v) is 10.0. The Hall–Kier alpha value is -1.11. The lowest BCUT2D eigenvalue weighted by Crippen LogP contribution is -2.18. The fourth-order valence-electron chi connectivity index (χ4n) is 1.20. The predicted octanol–water partition coefficient (Wildman–Crippen LogP) is 0.355. The van der Waals surface area contributed by atoms with E-state index in [9.17, 15) is 8.42 Å². The summed E-state index contributed by atoms with van der Waals surface area (Å²) in [5.74, 6) is 0. The number of nitrogens with two attached hydrogens (primary N) is 1. The van der Waals surface area contributed by atoms with Gasteiger partial charge in [-0.15, -0.1) is 0 Å². The first-order valence-electron chi connectivity index (χ1n) is 5.07. The highest BCUT2D eigenvalue weighted by molar-refractivity contribution is 7.89. The summed E-state index contributed by atoms with van der Waals surface area (Å²) in [6, 6.07) is 6.61. The molecule has 0 atom stereocenters. The molecule has 1 aromatic rings. The van der Waals surface area contributed by atoms with Gasteiger partial charge in [0.1, 0.15) is 0 Å². The van der Waals surface area contributed by atoms with E-state index >= 15 is 0 Å². The topological polar surface area (TPSA) is 84.2 Å². The first-order chi connectivity index (χ1) is 7.60. The SMILES string of the molecule is CNS(=O)(=O)c1ccc(NCCCN)cc1. The normalized spacial score (nSPS) is 11.4. The molecule has 16 heavy (non-hydrogen) atoms. The smallest absolute Gasteiger partial charge is 0.240 e. The minimum Gasteiger partial charge on any atom is -0.385 e. The molecule has 1 rings (SSSR count). The number of sulfonamides is 1. The van der Waals surface area contributed by atoms with E-state index in [-0.39, 0.29) is 4.90 Å². The van der Waals surface area contributed by atoms with Gasteiger partial charge in [0.2, 0.25) is 10.0 Å². The Kier molecular flexibility index (Phi) is 4.72. The Bertz CT molecular complexity index is 414. The van der Waals surface area contributed by atoms with Gasteiger partial charge in [0, 0.05) is 12.2 Å². The number of benzene rings is 1. The zero-order chi connectivity index (χ0) is 12.0. The zero-order valence-electron chi connectivity index (χ0n) is 9.23. The van der Waals surface area contributed by atoms with Crippen molar-refractivity contribution in [3.8, 4) is 0 Å². The molecule has 0 aliphatic rings. The third-order valence-electron chi connectivity index (χ3n) is 2.14. The number of hydrogen-bond acceptors (Lipinski definition) is 4. The van der Waals surface area contributed by atoms with Crippen LogP contribution in [-0.4, -0.2) is 28.6 Å². The van der Waals surface area contributed by atoms with Gasteiger partial charge in [-0.05, 0) is 44.3 Å². The molecule has 4 N–H and O–H groups in total. The largest absolute Gasteiger partial charge is 0.385 e. The van der Waals surface area contributed by atoms with Crippen molar-refractivity contribution in [3.63, 3.8) is 0 Å². The maximum atomic E-state index is 11.4. The highest BCUT2D eigenvalue weighted by Crippen LogP contribution is 2.13. The van der Waals surface area contributed by atoms with Crippen molar-refractivity contribution in [2.24, 2.45) is 5.73 Å². The van der Waals surface area contributed by atoms with Gasteiger partial charge in [0.15, 0.2) is 0 Å². The third kappa shape index (κ3) is 3.48. The van der Waals surface area contributed by atoms with Crippen LogP contribution in [0.3, 0.4) is 0 Å². The molecule has 0 saturated carbocycles. The molecule has 0 saturated heterocycles. The fraction of sp³-hybridized carbons (Fsp3) is 0.400. The molecule has 0 heterocycles. The van der Waals surface area contributed by atoms with E-state index in [0.29, 0.717) is 6.54 Å². The summed E-state index contributed by atoms with van der Waals surface area (Å²) in [7, 11) is -1.95. The second-order valence-electron chi connectivity index (χ2n) is 3.30. The molecule has 5 nitrogen and oxygen atoms in total. The molecular formula is C10H17N3O2S. The molecule has 0 aliphatic carbocycles. The highest BCUT2D eigenvalue weighted by Gasteiger charge is 2.09. The average Bonchev–Trinajstić information content (AvgIpc) is 2.30. The van der Waals surface area contributed by atoms with E-state index < -0.39 is 10.0 Å². The van der Waals surface area contributed by atoms with Crippen LogP contribution in [0.5, 0.6) is 0 Å². The Morgan fingerprint density at radius 1 is 1.25 bits per heavy atom. The van der Waals surface area contributed by atoms with Crippen LogP contribution in [0.15, 0.2) is 29.2 Å². The molecule has 0 aliphatic heterocycles. The lowest BCUT2D eigenvalue weighted by Gasteiger charge is -2.06. The second-order valence-corrected chi connectivity index (χ2v) is 5.19. The average molecular weight is 243 g/mol. The summed E-state index contributed by atoms with van der Waals surface area (Å²) < 4.78 is 25.1. The van der Waals surface area contributed by atoms with Crippen molar-refractivity contribution in [3.05, 3.63) is 24.3 Å². The van der Waals surface area contributed by atoms with Crippen LogP contribution in [0.2, 0.25) is 0 Å². The number of anilines is 1.